The van der Waals surface area contributed by atoms with Crippen LogP contribution in [-0.4, -0.2) is 46.3 Å². The van der Waals surface area contributed by atoms with E-state index in [1.807, 2.05) is 0 Å². The molecule has 1 saturated heterocycles. The van der Waals surface area contributed by atoms with Crippen molar-refractivity contribution in [2.75, 3.05) is 25.1 Å². The van der Waals surface area contributed by atoms with Crippen LogP contribution in [-0.2, 0) is 17.3 Å². The molecule has 0 radical (unpaired) electrons. The number of nitrogens with zero attached hydrogens (tertiary/aromatic N) is 1. The van der Waals surface area contributed by atoms with Crippen LogP contribution in [0.2, 0.25) is 0 Å². The highest BCUT2D eigenvalue weighted by Crippen LogP contribution is 2.14. The van der Waals surface area contributed by atoms with Gasteiger partial charge in [0.2, 0.25) is 0 Å². The molecule has 0 saturated carbocycles. The summed E-state index contributed by atoms with van der Waals surface area (Å²) in [5.41, 5.74) is 1.39. The van der Waals surface area contributed by atoms with Crippen molar-refractivity contribution in [1.29, 1.82) is 0 Å². The van der Waals surface area contributed by atoms with Crippen LogP contribution in [0.1, 0.15) is 25.3 Å². The number of rotatable bonds is 6. The molecule has 3 atom stereocenters. The topological polar surface area (TPSA) is 32.3 Å². The molecule has 2 rings (SSSR count). The first-order chi connectivity index (χ1) is 9.63. The lowest BCUT2D eigenvalue weighted by molar-refractivity contribution is 0.179. The summed E-state index contributed by atoms with van der Waals surface area (Å²) in [4.78, 5) is 2.52. The molecular formula is C16H26N2OS. The van der Waals surface area contributed by atoms with Crippen molar-refractivity contribution >= 4 is 10.8 Å². The molecule has 0 bridgehead atoms. The average Bonchev–Trinajstić information content (AvgIpc) is 2.39. The van der Waals surface area contributed by atoms with E-state index in [4.69, 9.17) is 0 Å². The third-order valence-corrected chi connectivity index (χ3v) is 4.73. The lowest BCUT2D eigenvalue weighted by Gasteiger charge is -2.34. The van der Waals surface area contributed by atoms with E-state index in [9.17, 15) is 4.21 Å². The number of hydrogen-bond acceptors (Lipinski definition) is 3. The van der Waals surface area contributed by atoms with Gasteiger partial charge in [0.25, 0.3) is 0 Å². The second-order valence-corrected chi connectivity index (χ2v) is 7.35. The Kier molecular flexibility index (Phi) is 6.20. The Bertz CT molecular complexity index is 424. The molecule has 1 aromatic rings. The normalized spacial score (nSPS) is 23.4. The molecule has 1 heterocycles. The quantitative estimate of drug-likeness (QED) is 0.871. The van der Waals surface area contributed by atoms with Crippen molar-refractivity contribution in [1.82, 2.24) is 10.2 Å². The van der Waals surface area contributed by atoms with Crippen LogP contribution in [0.25, 0.3) is 0 Å². The minimum Gasteiger partial charge on any atom is -0.309 e. The minimum atomic E-state index is -0.716. The molecule has 1 aromatic carbocycles. The van der Waals surface area contributed by atoms with E-state index in [0.717, 1.165) is 18.8 Å². The predicted molar refractivity (Wildman–Crippen MR) is 86.3 cm³/mol. The predicted octanol–water partition coefficient (Wildman–Crippen LogP) is 2.01. The Morgan fingerprint density at radius 2 is 2.15 bits per heavy atom. The van der Waals surface area contributed by atoms with Crippen LogP contribution < -0.4 is 5.32 Å². The van der Waals surface area contributed by atoms with Crippen molar-refractivity contribution in [3.05, 3.63) is 35.9 Å². The molecule has 1 aliphatic rings. The fraction of sp³-hybridized carbons (Fsp3) is 0.625. The van der Waals surface area contributed by atoms with E-state index in [2.05, 4.69) is 47.5 Å². The highest BCUT2D eigenvalue weighted by molar-refractivity contribution is 7.84. The standard InChI is InChI=1S/C16H26N2OS/c1-14(13-20(2)19)17-16-9-6-10-18(12-16)11-15-7-4-3-5-8-15/h3-5,7-8,14,16-17H,6,9-13H2,1-2H3. The lowest BCUT2D eigenvalue weighted by atomic mass is 10.0. The number of hydrogen-bond donors (Lipinski definition) is 1. The van der Waals surface area contributed by atoms with E-state index in [1.165, 1.54) is 24.9 Å². The fourth-order valence-electron chi connectivity index (χ4n) is 2.98. The van der Waals surface area contributed by atoms with E-state index in [-0.39, 0.29) is 0 Å². The second-order valence-electron chi connectivity index (χ2n) is 5.87. The van der Waals surface area contributed by atoms with Gasteiger partial charge in [0.15, 0.2) is 0 Å². The van der Waals surface area contributed by atoms with Gasteiger partial charge >= 0.3 is 0 Å². The molecule has 1 N–H and O–H groups in total. The van der Waals surface area contributed by atoms with Gasteiger partial charge in [0.1, 0.15) is 0 Å². The van der Waals surface area contributed by atoms with Gasteiger partial charge in [-0.05, 0) is 31.9 Å². The zero-order chi connectivity index (χ0) is 14.4. The summed E-state index contributed by atoms with van der Waals surface area (Å²) in [6, 6.07) is 11.5. The molecule has 4 heteroatoms. The minimum absolute atomic E-state index is 0.336. The van der Waals surface area contributed by atoms with Gasteiger partial charge in [-0.25, -0.2) is 0 Å². The molecule has 0 amide bonds. The SMILES string of the molecule is CC(CS(C)=O)NC1CCCN(Cc2ccccc2)C1. The Balaban J connectivity index is 1.81. The summed E-state index contributed by atoms with van der Waals surface area (Å²) in [7, 11) is -0.716. The van der Waals surface area contributed by atoms with Crippen molar-refractivity contribution in [2.24, 2.45) is 0 Å². The van der Waals surface area contributed by atoms with Crippen molar-refractivity contribution in [2.45, 2.75) is 38.4 Å². The van der Waals surface area contributed by atoms with Crippen LogP contribution >= 0.6 is 0 Å². The first-order valence-electron chi connectivity index (χ1n) is 7.46. The Labute approximate surface area is 125 Å². The van der Waals surface area contributed by atoms with Gasteiger partial charge in [0, 0.05) is 48.0 Å². The lowest BCUT2D eigenvalue weighted by Crippen LogP contribution is -2.49. The summed E-state index contributed by atoms with van der Waals surface area (Å²) >= 11 is 0. The molecule has 1 aliphatic heterocycles. The number of likely N-dealkylation sites (tertiary alicyclic amines) is 1. The highest BCUT2D eigenvalue weighted by Gasteiger charge is 2.21. The van der Waals surface area contributed by atoms with Crippen LogP contribution in [0, 0.1) is 0 Å². The van der Waals surface area contributed by atoms with Gasteiger partial charge < -0.3 is 5.32 Å². The Morgan fingerprint density at radius 3 is 2.85 bits per heavy atom. The summed E-state index contributed by atoms with van der Waals surface area (Å²) in [5, 5.41) is 3.63. The van der Waals surface area contributed by atoms with Crippen molar-refractivity contribution in [3.8, 4) is 0 Å². The maximum absolute atomic E-state index is 11.3. The summed E-state index contributed by atoms with van der Waals surface area (Å²) < 4.78 is 11.3. The molecule has 112 valence electrons. The first-order valence-corrected chi connectivity index (χ1v) is 9.18. The van der Waals surface area contributed by atoms with E-state index >= 15 is 0 Å². The van der Waals surface area contributed by atoms with Crippen LogP contribution in [0.4, 0.5) is 0 Å². The maximum Gasteiger partial charge on any atom is 0.0383 e. The maximum atomic E-state index is 11.3. The summed E-state index contributed by atoms with van der Waals surface area (Å²) in [6.45, 7) is 5.45. The van der Waals surface area contributed by atoms with Crippen molar-refractivity contribution < 1.29 is 4.21 Å². The van der Waals surface area contributed by atoms with Crippen LogP contribution in [0.5, 0.6) is 0 Å². The molecule has 0 aliphatic carbocycles. The van der Waals surface area contributed by atoms with Gasteiger partial charge in [-0.15, -0.1) is 0 Å². The van der Waals surface area contributed by atoms with Gasteiger partial charge in [-0.2, -0.15) is 0 Å². The van der Waals surface area contributed by atoms with Crippen LogP contribution in [0.3, 0.4) is 0 Å². The fourth-order valence-corrected chi connectivity index (χ4v) is 3.78. The zero-order valence-electron chi connectivity index (χ0n) is 12.5. The molecule has 0 aromatic heterocycles. The van der Waals surface area contributed by atoms with E-state index < -0.39 is 10.8 Å². The molecule has 3 unspecified atom stereocenters. The summed E-state index contributed by atoms with van der Waals surface area (Å²) in [6.07, 6.45) is 4.25. The smallest absolute Gasteiger partial charge is 0.0383 e. The van der Waals surface area contributed by atoms with E-state index in [0.29, 0.717) is 12.1 Å². The monoisotopic (exact) mass is 294 g/mol. The van der Waals surface area contributed by atoms with Gasteiger partial charge in [-0.1, -0.05) is 30.3 Å². The van der Waals surface area contributed by atoms with E-state index in [1.54, 1.807) is 6.26 Å². The van der Waals surface area contributed by atoms with Gasteiger partial charge in [-0.3, -0.25) is 9.11 Å². The Hall–Kier alpha value is -0.710. The number of benzene rings is 1. The Morgan fingerprint density at radius 1 is 1.40 bits per heavy atom. The molecule has 3 nitrogen and oxygen atoms in total. The first kappa shape index (κ1) is 15.7. The van der Waals surface area contributed by atoms with Gasteiger partial charge in [0.05, 0.1) is 0 Å². The third-order valence-electron chi connectivity index (χ3n) is 3.76. The largest absolute Gasteiger partial charge is 0.309 e. The molecule has 0 spiro atoms. The second kappa shape index (κ2) is 7.91. The zero-order valence-corrected chi connectivity index (χ0v) is 13.4. The highest BCUT2D eigenvalue weighted by atomic mass is 32.2. The third kappa shape index (κ3) is 5.35. The van der Waals surface area contributed by atoms with Crippen molar-refractivity contribution in [3.63, 3.8) is 0 Å². The number of nitrogens with one attached hydrogen (secondary N) is 1. The molecule has 1 fully saturated rings. The van der Waals surface area contributed by atoms with Crippen LogP contribution in [0.15, 0.2) is 30.3 Å². The molecular weight excluding hydrogens is 268 g/mol. The molecule has 20 heavy (non-hydrogen) atoms. The summed E-state index contributed by atoms with van der Waals surface area (Å²) in [5.74, 6) is 0.745. The average molecular weight is 294 g/mol. The number of piperidine rings is 1.